The van der Waals surface area contributed by atoms with Crippen LogP contribution in [-0.4, -0.2) is 129 Å². The average molecular weight is 935 g/mol. The summed E-state index contributed by atoms with van der Waals surface area (Å²) >= 11 is 0. The molecule has 368 valence electrons. The molecule has 2 aliphatic rings. The molecule has 0 saturated carbocycles. The zero-order chi connectivity index (χ0) is 48.7. The molecular weight excluding hydrogens is 851 g/mol. The van der Waals surface area contributed by atoms with E-state index in [1.165, 1.54) is 96.8 Å². The number of benzene rings is 2. The quantitative estimate of drug-likeness (QED) is 0.0398. The van der Waals surface area contributed by atoms with Gasteiger partial charge < -0.3 is 32.9 Å². The van der Waals surface area contributed by atoms with Crippen molar-refractivity contribution in [2.45, 2.75) is 90.4 Å². The van der Waals surface area contributed by atoms with Crippen molar-refractivity contribution < 1.29 is 22.9 Å². The number of ether oxygens (including phenoxy) is 2. The Balaban J connectivity index is 1.01. The molecule has 2 aromatic carbocycles. The van der Waals surface area contributed by atoms with E-state index >= 15 is 0 Å². The van der Waals surface area contributed by atoms with E-state index in [4.69, 9.17) is 19.4 Å². The second-order valence-corrected chi connectivity index (χ2v) is 22.0. The fourth-order valence-electron chi connectivity index (χ4n) is 9.70. The normalized spacial score (nSPS) is 12.8. The van der Waals surface area contributed by atoms with Gasteiger partial charge in [0.25, 0.3) is 0 Å². The van der Waals surface area contributed by atoms with E-state index < -0.39 is 0 Å². The molecule has 2 N–H and O–H groups in total. The van der Waals surface area contributed by atoms with E-state index in [0.717, 1.165) is 118 Å². The van der Waals surface area contributed by atoms with Crippen molar-refractivity contribution in [1.29, 1.82) is 0 Å². The summed E-state index contributed by atoms with van der Waals surface area (Å²) < 4.78 is 15.7. The first kappa shape index (κ1) is 51.4. The van der Waals surface area contributed by atoms with Gasteiger partial charge in [0.15, 0.2) is 0 Å². The Morgan fingerprint density at radius 1 is 0.420 bits per heavy atom. The molecule has 0 amide bonds. The summed E-state index contributed by atoms with van der Waals surface area (Å²) in [7, 11) is 16.3. The number of nitrogens with one attached hydrogen (secondary N) is 2. The van der Waals surface area contributed by atoms with Crippen molar-refractivity contribution in [3.8, 4) is 33.8 Å². The van der Waals surface area contributed by atoms with Crippen molar-refractivity contribution in [2.75, 3.05) is 95.3 Å². The first-order valence-electron chi connectivity index (χ1n) is 26.2. The molecule has 8 bridgehead atoms. The fourth-order valence-corrected chi connectivity index (χ4v) is 9.70. The summed E-state index contributed by atoms with van der Waals surface area (Å²) in [5.41, 5.74) is 11.8. The summed E-state index contributed by atoms with van der Waals surface area (Å²) in [5, 5.41) is 0. The smallest absolute Gasteiger partial charge is 0.119 e. The van der Waals surface area contributed by atoms with E-state index in [2.05, 4.69) is 175 Å². The highest BCUT2D eigenvalue weighted by atomic mass is 16.5. The second kappa shape index (κ2) is 24.4. The summed E-state index contributed by atoms with van der Waals surface area (Å²) in [4.78, 5) is 17.7. The highest BCUT2D eigenvalue weighted by Gasteiger charge is 2.21. The zero-order valence-electron chi connectivity index (χ0n) is 43.6. The van der Waals surface area contributed by atoms with Gasteiger partial charge in [0.2, 0.25) is 0 Å². The minimum atomic E-state index is 0.699. The van der Waals surface area contributed by atoms with Gasteiger partial charge >= 0.3 is 0 Å². The standard InChI is InChI=1S/C60H84N7O2/c1-9-10-11-12-13-14-15-16-17-18-43-68-53-30-22-47(23-31-53)59-55-34-26-49(61-55)45-51-28-36-57(63-51)60(58-37-29-52(64-58)46-50-27-35-56(59)62-50)48-24-32-54(33-25-48)69-44-21-42-67(7,8)41-20-40-66(5,6)39-19-38-65(2,3)4/h22-37,45-46,63-64H,9-21,38-44H2,1-8H3/q+3. The minimum absolute atomic E-state index is 0.699. The summed E-state index contributed by atoms with van der Waals surface area (Å²) in [6.07, 6.45) is 25.1. The van der Waals surface area contributed by atoms with Crippen LogP contribution in [-0.2, 0) is 0 Å². The molecule has 2 aliphatic heterocycles. The number of H-pyrrole nitrogens is 2. The monoisotopic (exact) mass is 935 g/mol. The molecule has 0 radical (unpaired) electrons. The molecular formula is C60H84N7O2+3. The lowest BCUT2D eigenvalue weighted by Gasteiger charge is -2.34. The van der Waals surface area contributed by atoms with Crippen LogP contribution in [0.3, 0.4) is 0 Å². The van der Waals surface area contributed by atoms with Gasteiger partial charge in [0.05, 0.1) is 118 Å². The SMILES string of the molecule is CCCCCCCCCCCCOc1ccc(-c2c3nc(cc4ccc([nH]4)c(-c4ccc(OCCC[N+](C)(C)CCC[N+](C)(C)CCC[N+](C)(C)C)cc4)c4ccc(cc5nc2C=C5)[nH]4)C=C3)cc1. The van der Waals surface area contributed by atoms with Gasteiger partial charge in [-0.15, -0.1) is 0 Å². The predicted octanol–water partition coefficient (Wildman–Crippen LogP) is 13.7. The fraction of sp³-hybridized carbons (Fsp3) is 0.467. The first-order valence-corrected chi connectivity index (χ1v) is 26.2. The Labute approximate surface area is 414 Å². The van der Waals surface area contributed by atoms with Crippen LogP contribution in [0.2, 0.25) is 0 Å². The molecule has 0 fully saturated rings. The van der Waals surface area contributed by atoms with Gasteiger partial charge in [-0.3, -0.25) is 0 Å². The Hall–Kier alpha value is -5.48. The van der Waals surface area contributed by atoms with Gasteiger partial charge in [-0.05, 0) is 103 Å². The number of nitrogens with zero attached hydrogens (tertiary/aromatic N) is 5. The summed E-state index contributed by atoms with van der Waals surface area (Å²) in [5.74, 6) is 1.79. The van der Waals surface area contributed by atoms with Gasteiger partial charge in [-0.1, -0.05) is 89.0 Å². The van der Waals surface area contributed by atoms with Gasteiger partial charge in [0, 0.05) is 52.5 Å². The topological polar surface area (TPSA) is 75.8 Å². The maximum absolute atomic E-state index is 6.33. The molecule has 7 rings (SSSR count). The maximum Gasteiger partial charge on any atom is 0.119 e. The van der Waals surface area contributed by atoms with Crippen molar-refractivity contribution >= 4 is 46.4 Å². The lowest BCUT2D eigenvalue weighted by Crippen LogP contribution is -2.47. The summed E-state index contributed by atoms with van der Waals surface area (Å²) in [6, 6.07) is 29.8. The molecule has 69 heavy (non-hydrogen) atoms. The highest BCUT2D eigenvalue weighted by molar-refractivity contribution is 5.94. The van der Waals surface area contributed by atoms with Crippen LogP contribution in [0.4, 0.5) is 0 Å². The Bertz CT molecular complexity index is 2530. The largest absolute Gasteiger partial charge is 0.494 e. The van der Waals surface area contributed by atoms with Gasteiger partial charge in [-0.25, -0.2) is 9.97 Å². The molecule has 0 atom stereocenters. The number of aromatic amines is 2. The molecule has 0 unspecified atom stereocenters. The minimum Gasteiger partial charge on any atom is -0.494 e. The third-order valence-corrected chi connectivity index (χ3v) is 13.7. The third-order valence-electron chi connectivity index (χ3n) is 13.7. The van der Waals surface area contributed by atoms with Crippen LogP contribution in [0, 0.1) is 0 Å². The zero-order valence-corrected chi connectivity index (χ0v) is 43.6. The average Bonchev–Trinajstić information content (AvgIpc) is 4.15. The van der Waals surface area contributed by atoms with Crippen LogP contribution in [0.25, 0.3) is 68.6 Å². The number of rotatable bonds is 27. The van der Waals surface area contributed by atoms with E-state index in [0.29, 0.717) is 6.61 Å². The van der Waals surface area contributed by atoms with Crippen molar-refractivity contribution in [1.82, 2.24) is 19.9 Å². The molecule has 9 heteroatoms. The molecule has 5 heterocycles. The lowest BCUT2D eigenvalue weighted by molar-refractivity contribution is -0.914. The number of unbranched alkanes of at least 4 members (excludes halogenated alkanes) is 9. The number of fused-ring (bicyclic) bond motifs is 8. The lowest BCUT2D eigenvalue weighted by atomic mass is 10.0. The second-order valence-electron chi connectivity index (χ2n) is 22.0. The molecule has 0 spiro atoms. The Morgan fingerprint density at radius 2 is 0.841 bits per heavy atom. The number of hydrogen-bond acceptors (Lipinski definition) is 4. The van der Waals surface area contributed by atoms with Crippen LogP contribution in [0.15, 0.2) is 84.9 Å². The molecule has 9 nitrogen and oxygen atoms in total. The highest BCUT2D eigenvalue weighted by Crippen LogP contribution is 2.34. The van der Waals surface area contributed by atoms with E-state index in [-0.39, 0.29) is 0 Å². The maximum atomic E-state index is 6.33. The van der Waals surface area contributed by atoms with Crippen molar-refractivity contribution in [3.05, 3.63) is 108 Å². The Kier molecular flexibility index (Phi) is 18.2. The predicted molar refractivity (Wildman–Crippen MR) is 293 cm³/mol. The number of aromatic nitrogens is 4. The van der Waals surface area contributed by atoms with E-state index in [1.54, 1.807) is 0 Å². The molecule has 0 aliphatic carbocycles. The summed E-state index contributed by atoms with van der Waals surface area (Å²) in [6.45, 7) is 9.68. The van der Waals surface area contributed by atoms with Crippen LogP contribution in [0.1, 0.15) is 113 Å². The van der Waals surface area contributed by atoms with Crippen LogP contribution in [0.5, 0.6) is 11.5 Å². The van der Waals surface area contributed by atoms with Crippen LogP contribution < -0.4 is 9.47 Å². The van der Waals surface area contributed by atoms with Crippen molar-refractivity contribution in [3.63, 3.8) is 0 Å². The van der Waals surface area contributed by atoms with E-state index in [1.807, 2.05) is 0 Å². The number of quaternary nitrogens is 3. The molecule has 0 saturated heterocycles. The van der Waals surface area contributed by atoms with Crippen molar-refractivity contribution in [2.24, 2.45) is 0 Å². The van der Waals surface area contributed by atoms with Gasteiger partial charge in [0.1, 0.15) is 11.5 Å². The molecule has 3 aromatic heterocycles. The first-order chi connectivity index (χ1) is 33.2. The van der Waals surface area contributed by atoms with E-state index in [9.17, 15) is 0 Å². The Morgan fingerprint density at radius 3 is 1.32 bits per heavy atom. The van der Waals surface area contributed by atoms with Gasteiger partial charge in [-0.2, -0.15) is 0 Å². The van der Waals surface area contributed by atoms with Crippen LogP contribution >= 0.6 is 0 Å². The third kappa shape index (κ3) is 16.0. The number of hydrogen-bond donors (Lipinski definition) is 2. The molecule has 5 aromatic rings.